The molecule has 0 fully saturated rings. The first kappa shape index (κ1) is 12.5. The van der Waals surface area contributed by atoms with Gasteiger partial charge >= 0.3 is 0 Å². The first-order chi connectivity index (χ1) is 8.43. The zero-order valence-electron chi connectivity index (χ0n) is 10.3. The molecule has 0 atom stereocenters. The molecule has 0 spiro atoms. The second-order valence-corrected chi connectivity index (χ2v) is 4.14. The first-order valence-corrected chi connectivity index (χ1v) is 5.48. The van der Waals surface area contributed by atoms with Gasteiger partial charge in [0.1, 0.15) is 11.5 Å². The minimum absolute atomic E-state index is 0.276. The molecule has 18 heavy (non-hydrogen) atoms. The van der Waals surface area contributed by atoms with E-state index in [0.29, 0.717) is 22.6 Å². The zero-order valence-corrected chi connectivity index (χ0v) is 10.3. The maximum atomic E-state index is 13.6. The van der Waals surface area contributed by atoms with Crippen LogP contribution in [0.2, 0.25) is 0 Å². The van der Waals surface area contributed by atoms with Crippen molar-refractivity contribution >= 4 is 5.78 Å². The Hall–Kier alpha value is -1.97. The Kier molecular flexibility index (Phi) is 3.03. The van der Waals surface area contributed by atoms with Gasteiger partial charge in [0.15, 0.2) is 17.4 Å². The second-order valence-electron chi connectivity index (χ2n) is 4.14. The van der Waals surface area contributed by atoms with E-state index in [4.69, 9.17) is 4.42 Å². The van der Waals surface area contributed by atoms with Gasteiger partial charge in [-0.2, -0.15) is 0 Å². The molecule has 1 heterocycles. The van der Waals surface area contributed by atoms with Crippen LogP contribution in [0, 0.1) is 32.4 Å². The fourth-order valence-corrected chi connectivity index (χ4v) is 1.94. The molecule has 0 aliphatic carbocycles. The van der Waals surface area contributed by atoms with Crippen molar-refractivity contribution in [1.82, 2.24) is 0 Å². The van der Waals surface area contributed by atoms with Gasteiger partial charge in [-0.3, -0.25) is 4.79 Å². The topological polar surface area (TPSA) is 30.2 Å². The molecule has 0 radical (unpaired) electrons. The van der Waals surface area contributed by atoms with E-state index in [1.54, 1.807) is 20.8 Å². The summed E-state index contributed by atoms with van der Waals surface area (Å²) < 4.78 is 32.0. The molecule has 4 heteroatoms. The number of ketones is 1. The van der Waals surface area contributed by atoms with Crippen LogP contribution in [0.4, 0.5) is 8.78 Å². The van der Waals surface area contributed by atoms with Gasteiger partial charge in [-0.25, -0.2) is 8.78 Å². The van der Waals surface area contributed by atoms with Crippen molar-refractivity contribution < 1.29 is 18.0 Å². The summed E-state index contributed by atoms with van der Waals surface area (Å²) >= 11 is 0. The molecular weight excluding hydrogens is 238 g/mol. The number of furan rings is 1. The lowest BCUT2D eigenvalue weighted by molar-refractivity contribution is 0.103. The average Bonchev–Trinajstić information content (AvgIpc) is 2.56. The van der Waals surface area contributed by atoms with Crippen molar-refractivity contribution in [2.24, 2.45) is 0 Å². The Morgan fingerprint density at radius 2 is 1.78 bits per heavy atom. The van der Waals surface area contributed by atoms with Gasteiger partial charge in [-0.1, -0.05) is 6.07 Å². The molecule has 2 aromatic rings. The molecule has 1 aromatic heterocycles. The minimum atomic E-state index is -1.12. The van der Waals surface area contributed by atoms with Crippen LogP contribution in [0.25, 0.3) is 0 Å². The number of benzene rings is 1. The van der Waals surface area contributed by atoms with Crippen molar-refractivity contribution in [3.63, 3.8) is 0 Å². The van der Waals surface area contributed by atoms with Gasteiger partial charge in [0, 0.05) is 5.56 Å². The smallest absolute Gasteiger partial charge is 0.199 e. The third-order valence-electron chi connectivity index (χ3n) is 2.98. The molecule has 0 saturated carbocycles. The average molecular weight is 250 g/mol. The van der Waals surface area contributed by atoms with Crippen LogP contribution < -0.4 is 0 Å². The molecule has 2 rings (SSSR count). The van der Waals surface area contributed by atoms with Crippen LogP contribution in [-0.4, -0.2) is 5.78 Å². The molecule has 0 unspecified atom stereocenters. The third kappa shape index (κ3) is 1.83. The van der Waals surface area contributed by atoms with Gasteiger partial charge in [-0.05, 0) is 32.9 Å². The van der Waals surface area contributed by atoms with Crippen molar-refractivity contribution in [1.29, 1.82) is 0 Å². The molecule has 1 aromatic carbocycles. The van der Waals surface area contributed by atoms with Crippen molar-refractivity contribution in [3.05, 3.63) is 58.0 Å². The van der Waals surface area contributed by atoms with Crippen LogP contribution in [0.15, 0.2) is 22.6 Å². The summed E-state index contributed by atoms with van der Waals surface area (Å²) in [7, 11) is 0. The number of aryl methyl sites for hydroxylation is 2. The predicted octanol–water partition coefficient (Wildman–Crippen LogP) is 3.71. The summed E-state index contributed by atoms with van der Waals surface area (Å²) in [5.74, 6) is -1.69. The summed E-state index contributed by atoms with van der Waals surface area (Å²) in [6.07, 6.45) is 0. The Bertz CT molecular complexity index is 627. The number of hydrogen-bond donors (Lipinski definition) is 0. The minimum Gasteiger partial charge on any atom is -0.466 e. The molecule has 0 N–H and O–H groups in total. The van der Waals surface area contributed by atoms with Crippen molar-refractivity contribution in [2.45, 2.75) is 20.8 Å². The number of halogens is 2. The Morgan fingerprint density at radius 3 is 2.33 bits per heavy atom. The molecule has 0 amide bonds. The fourth-order valence-electron chi connectivity index (χ4n) is 1.94. The lowest BCUT2D eigenvalue weighted by Crippen LogP contribution is -2.07. The van der Waals surface area contributed by atoms with Crippen LogP contribution in [0.1, 0.15) is 33.0 Å². The fraction of sp³-hybridized carbons (Fsp3) is 0.214. The second kappa shape index (κ2) is 4.37. The monoisotopic (exact) mass is 250 g/mol. The lowest BCUT2D eigenvalue weighted by Gasteiger charge is -2.03. The highest BCUT2D eigenvalue weighted by Gasteiger charge is 2.23. The van der Waals surface area contributed by atoms with Crippen molar-refractivity contribution in [3.8, 4) is 0 Å². The maximum Gasteiger partial charge on any atom is 0.199 e. The van der Waals surface area contributed by atoms with Gasteiger partial charge in [0.25, 0.3) is 0 Å². The Morgan fingerprint density at radius 1 is 1.11 bits per heavy atom. The maximum absolute atomic E-state index is 13.6. The van der Waals surface area contributed by atoms with Gasteiger partial charge in [0.2, 0.25) is 0 Å². The largest absolute Gasteiger partial charge is 0.466 e. The first-order valence-electron chi connectivity index (χ1n) is 5.48. The predicted molar refractivity (Wildman–Crippen MR) is 62.7 cm³/mol. The van der Waals surface area contributed by atoms with E-state index >= 15 is 0 Å². The third-order valence-corrected chi connectivity index (χ3v) is 2.98. The number of carbonyl (C=O) groups is 1. The van der Waals surface area contributed by atoms with Gasteiger partial charge in [-0.15, -0.1) is 0 Å². The van der Waals surface area contributed by atoms with E-state index in [1.807, 2.05) is 0 Å². The van der Waals surface area contributed by atoms with Gasteiger partial charge < -0.3 is 4.42 Å². The molecule has 0 aliphatic rings. The highest BCUT2D eigenvalue weighted by molar-refractivity contribution is 6.10. The summed E-state index contributed by atoms with van der Waals surface area (Å²) in [5.41, 5.74) is 0.681. The van der Waals surface area contributed by atoms with E-state index in [0.717, 1.165) is 6.07 Å². The van der Waals surface area contributed by atoms with E-state index in [9.17, 15) is 13.6 Å². The zero-order chi connectivity index (χ0) is 13.4. The summed E-state index contributed by atoms with van der Waals surface area (Å²) in [5, 5.41) is 0. The molecule has 94 valence electrons. The Labute approximate surface area is 103 Å². The SMILES string of the molecule is Cc1oc(C)c(C(=O)c2cccc(F)c2F)c1C. The molecular formula is C14H12F2O2. The van der Waals surface area contributed by atoms with E-state index in [-0.39, 0.29) is 5.56 Å². The van der Waals surface area contributed by atoms with E-state index < -0.39 is 17.4 Å². The molecule has 0 aliphatic heterocycles. The van der Waals surface area contributed by atoms with Crippen LogP contribution in [-0.2, 0) is 0 Å². The Balaban J connectivity index is 2.58. The highest BCUT2D eigenvalue weighted by Crippen LogP contribution is 2.25. The van der Waals surface area contributed by atoms with Crippen LogP contribution in [0.5, 0.6) is 0 Å². The molecule has 2 nitrogen and oxygen atoms in total. The van der Waals surface area contributed by atoms with E-state index in [2.05, 4.69) is 0 Å². The summed E-state index contributed by atoms with van der Waals surface area (Å²) in [6, 6.07) is 3.55. The van der Waals surface area contributed by atoms with Crippen molar-refractivity contribution in [2.75, 3.05) is 0 Å². The van der Waals surface area contributed by atoms with E-state index in [1.165, 1.54) is 12.1 Å². The number of carbonyl (C=O) groups excluding carboxylic acids is 1. The standard InChI is InChI=1S/C14H12F2O2/c1-7-8(2)18-9(3)12(7)14(17)10-5-4-6-11(15)13(10)16/h4-6H,1-3H3. The lowest BCUT2D eigenvalue weighted by atomic mass is 9.99. The molecule has 0 saturated heterocycles. The summed E-state index contributed by atoms with van der Waals surface area (Å²) in [4.78, 5) is 12.2. The number of rotatable bonds is 2. The quantitative estimate of drug-likeness (QED) is 0.760. The van der Waals surface area contributed by atoms with Crippen LogP contribution >= 0.6 is 0 Å². The highest BCUT2D eigenvalue weighted by atomic mass is 19.2. The summed E-state index contributed by atoms with van der Waals surface area (Å²) in [6.45, 7) is 5.07. The molecule has 0 bridgehead atoms. The van der Waals surface area contributed by atoms with Crippen LogP contribution in [0.3, 0.4) is 0 Å². The number of hydrogen-bond acceptors (Lipinski definition) is 2. The van der Waals surface area contributed by atoms with Gasteiger partial charge in [0.05, 0.1) is 11.1 Å². The normalized spacial score (nSPS) is 10.7.